The maximum Gasteiger partial charge on any atom is 0.130 e. The van der Waals surface area contributed by atoms with Gasteiger partial charge in [0.25, 0.3) is 0 Å². The Labute approximate surface area is 116 Å². The van der Waals surface area contributed by atoms with E-state index in [9.17, 15) is 0 Å². The fourth-order valence-electron chi connectivity index (χ4n) is 2.14. The van der Waals surface area contributed by atoms with Crippen molar-refractivity contribution in [2.24, 2.45) is 11.8 Å². The van der Waals surface area contributed by atoms with Crippen LogP contribution in [0.2, 0.25) is 0 Å². The van der Waals surface area contributed by atoms with E-state index >= 15 is 0 Å². The molecule has 1 fully saturated rings. The van der Waals surface area contributed by atoms with E-state index in [1.807, 2.05) is 0 Å². The molecule has 0 aromatic carbocycles. The third kappa shape index (κ3) is 5.37. The number of furan rings is 1. The molecular formula is C16H27NO2. The van der Waals surface area contributed by atoms with Gasteiger partial charge in [-0.2, -0.15) is 0 Å². The summed E-state index contributed by atoms with van der Waals surface area (Å²) < 4.78 is 11.5. The summed E-state index contributed by atoms with van der Waals surface area (Å²) in [5.74, 6) is 3.60. The lowest BCUT2D eigenvalue weighted by atomic mass is 10.2. The van der Waals surface area contributed by atoms with E-state index in [2.05, 4.69) is 32.2 Å². The van der Waals surface area contributed by atoms with E-state index in [1.54, 1.807) is 0 Å². The Kier molecular flexibility index (Phi) is 5.46. The van der Waals surface area contributed by atoms with Crippen LogP contribution in [0.15, 0.2) is 10.5 Å². The van der Waals surface area contributed by atoms with Crippen molar-refractivity contribution in [2.75, 3.05) is 13.2 Å². The first-order valence-corrected chi connectivity index (χ1v) is 7.51. The lowest BCUT2D eigenvalue weighted by molar-refractivity contribution is 0.0999. The summed E-state index contributed by atoms with van der Waals surface area (Å²) >= 11 is 0. The molecule has 1 heterocycles. The minimum atomic E-state index is 0.609. The maximum absolute atomic E-state index is 5.83. The van der Waals surface area contributed by atoms with Gasteiger partial charge in [-0.3, -0.25) is 0 Å². The van der Waals surface area contributed by atoms with Crippen LogP contribution in [0, 0.1) is 18.8 Å². The number of aryl methyl sites for hydroxylation is 1. The molecule has 0 amide bonds. The molecule has 0 bridgehead atoms. The van der Waals surface area contributed by atoms with E-state index in [1.165, 1.54) is 24.8 Å². The van der Waals surface area contributed by atoms with Crippen molar-refractivity contribution < 1.29 is 9.15 Å². The fourth-order valence-corrected chi connectivity index (χ4v) is 2.14. The summed E-state index contributed by atoms with van der Waals surface area (Å²) in [6.07, 6.45) is 4.01. The van der Waals surface area contributed by atoms with Crippen molar-refractivity contribution in [1.82, 2.24) is 5.32 Å². The summed E-state index contributed by atoms with van der Waals surface area (Å²) in [5.41, 5.74) is 1.22. The third-order valence-electron chi connectivity index (χ3n) is 3.52. The highest BCUT2D eigenvalue weighted by atomic mass is 16.5. The molecule has 1 aromatic heterocycles. The summed E-state index contributed by atoms with van der Waals surface area (Å²) in [7, 11) is 0. The molecule has 1 saturated carbocycles. The van der Waals surface area contributed by atoms with Crippen LogP contribution in [0.4, 0.5) is 0 Å². The lowest BCUT2D eigenvalue weighted by Gasteiger charge is -2.06. The zero-order chi connectivity index (χ0) is 13.7. The van der Waals surface area contributed by atoms with Crippen LogP contribution in [-0.4, -0.2) is 13.2 Å². The zero-order valence-corrected chi connectivity index (χ0v) is 12.5. The highest BCUT2D eigenvalue weighted by Gasteiger charge is 2.20. The molecule has 1 N–H and O–H groups in total. The van der Waals surface area contributed by atoms with E-state index in [-0.39, 0.29) is 0 Å². The number of hydrogen-bond acceptors (Lipinski definition) is 3. The second kappa shape index (κ2) is 7.11. The van der Waals surface area contributed by atoms with E-state index < -0.39 is 0 Å². The lowest BCUT2D eigenvalue weighted by Crippen LogP contribution is -2.18. The van der Waals surface area contributed by atoms with Crippen molar-refractivity contribution in [3.63, 3.8) is 0 Å². The molecule has 0 unspecified atom stereocenters. The van der Waals surface area contributed by atoms with Gasteiger partial charge in [-0.15, -0.1) is 0 Å². The largest absolute Gasteiger partial charge is 0.462 e. The van der Waals surface area contributed by atoms with Gasteiger partial charge >= 0.3 is 0 Å². The van der Waals surface area contributed by atoms with E-state index in [0.29, 0.717) is 12.5 Å². The predicted octanol–water partition coefficient (Wildman–Crippen LogP) is 3.65. The third-order valence-corrected chi connectivity index (χ3v) is 3.52. The van der Waals surface area contributed by atoms with Gasteiger partial charge in [-0.25, -0.2) is 0 Å². The molecule has 0 aliphatic heterocycles. The van der Waals surface area contributed by atoms with Gasteiger partial charge in [0, 0.05) is 6.61 Å². The Bertz CT molecular complexity index is 380. The van der Waals surface area contributed by atoms with Gasteiger partial charge in [0.2, 0.25) is 0 Å². The zero-order valence-electron chi connectivity index (χ0n) is 12.5. The average molecular weight is 265 g/mol. The molecule has 0 saturated heterocycles. The summed E-state index contributed by atoms with van der Waals surface area (Å²) in [4.78, 5) is 0. The van der Waals surface area contributed by atoms with Crippen LogP contribution in [-0.2, 0) is 17.9 Å². The molecule has 3 heteroatoms. The molecule has 0 atom stereocenters. The smallest absolute Gasteiger partial charge is 0.130 e. The van der Waals surface area contributed by atoms with Gasteiger partial charge in [-0.1, -0.05) is 26.7 Å². The van der Waals surface area contributed by atoms with Crippen molar-refractivity contribution in [1.29, 1.82) is 0 Å². The Hall–Kier alpha value is -0.800. The minimum absolute atomic E-state index is 0.609. The Morgan fingerprint density at radius 3 is 2.89 bits per heavy atom. The quantitative estimate of drug-likeness (QED) is 0.692. The van der Waals surface area contributed by atoms with Crippen molar-refractivity contribution in [2.45, 2.75) is 53.2 Å². The minimum Gasteiger partial charge on any atom is -0.462 e. The summed E-state index contributed by atoms with van der Waals surface area (Å²) in [6, 6.07) is 2.10. The van der Waals surface area contributed by atoms with Crippen LogP contribution in [0.1, 0.15) is 50.2 Å². The molecule has 2 rings (SSSR count). The van der Waals surface area contributed by atoms with Crippen LogP contribution in [0.5, 0.6) is 0 Å². The Morgan fingerprint density at radius 2 is 2.21 bits per heavy atom. The van der Waals surface area contributed by atoms with Crippen LogP contribution < -0.4 is 5.32 Å². The van der Waals surface area contributed by atoms with Crippen molar-refractivity contribution in [3.05, 3.63) is 23.2 Å². The van der Waals surface area contributed by atoms with E-state index in [0.717, 1.165) is 37.1 Å². The first kappa shape index (κ1) is 14.6. The molecular weight excluding hydrogens is 238 g/mol. The highest BCUT2D eigenvalue weighted by Crippen LogP contribution is 2.32. The normalized spacial score (nSPS) is 15.4. The SMILES string of the molecule is Cc1cc(COCCC2CC2)oc1CNCC(C)C. The highest BCUT2D eigenvalue weighted by molar-refractivity contribution is 5.19. The van der Waals surface area contributed by atoms with Gasteiger partial charge in [0.1, 0.15) is 18.1 Å². The number of hydrogen-bond donors (Lipinski definition) is 1. The van der Waals surface area contributed by atoms with E-state index in [4.69, 9.17) is 9.15 Å². The fraction of sp³-hybridized carbons (Fsp3) is 0.750. The molecule has 0 spiro atoms. The first-order chi connectivity index (χ1) is 9.15. The van der Waals surface area contributed by atoms with Crippen LogP contribution in [0.25, 0.3) is 0 Å². The van der Waals surface area contributed by atoms with Gasteiger partial charge in [0.05, 0.1) is 6.54 Å². The van der Waals surface area contributed by atoms with Crippen LogP contribution >= 0.6 is 0 Å². The monoisotopic (exact) mass is 265 g/mol. The van der Waals surface area contributed by atoms with Gasteiger partial charge in [-0.05, 0) is 43.4 Å². The average Bonchev–Trinajstić information content (AvgIpc) is 3.10. The molecule has 19 heavy (non-hydrogen) atoms. The second-order valence-corrected chi connectivity index (χ2v) is 6.13. The van der Waals surface area contributed by atoms with Gasteiger partial charge in [0.15, 0.2) is 0 Å². The molecule has 0 radical (unpaired) electrons. The standard InChI is InChI=1S/C16H27NO2/c1-12(2)9-17-10-16-13(3)8-15(19-16)11-18-7-6-14-4-5-14/h8,12,14,17H,4-7,9-11H2,1-3H3. The maximum atomic E-state index is 5.83. The number of rotatable bonds is 9. The van der Waals surface area contributed by atoms with Crippen molar-refractivity contribution >= 4 is 0 Å². The molecule has 1 aliphatic rings. The molecule has 3 nitrogen and oxygen atoms in total. The summed E-state index contributed by atoms with van der Waals surface area (Å²) in [6.45, 7) is 9.83. The molecule has 1 aliphatic carbocycles. The molecule has 108 valence electrons. The predicted molar refractivity (Wildman–Crippen MR) is 77.0 cm³/mol. The number of ether oxygens (including phenoxy) is 1. The Balaban J connectivity index is 1.68. The number of nitrogens with one attached hydrogen (secondary N) is 1. The molecule has 1 aromatic rings. The van der Waals surface area contributed by atoms with Gasteiger partial charge < -0.3 is 14.5 Å². The Morgan fingerprint density at radius 1 is 1.42 bits per heavy atom. The topological polar surface area (TPSA) is 34.4 Å². The van der Waals surface area contributed by atoms with Crippen LogP contribution in [0.3, 0.4) is 0 Å². The first-order valence-electron chi connectivity index (χ1n) is 7.51. The van der Waals surface area contributed by atoms with Crippen molar-refractivity contribution in [3.8, 4) is 0 Å². The second-order valence-electron chi connectivity index (χ2n) is 6.13. The summed E-state index contributed by atoms with van der Waals surface area (Å²) in [5, 5.41) is 3.41.